The first-order valence-corrected chi connectivity index (χ1v) is 8.83. The van der Waals surface area contributed by atoms with E-state index in [0.717, 1.165) is 30.3 Å². The number of para-hydroxylation sites is 1. The van der Waals surface area contributed by atoms with Gasteiger partial charge < -0.3 is 10.1 Å². The van der Waals surface area contributed by atoms with Crippen molar-refractivity contribution in [3.05, 3.63) is 92.7 Å². The Kier molecular flexibility index (Phi) is 6.11. The number of hydrogen-bond donors (Lipinski definition) is 1. The van der Waals surface area contributed by atoms with E-state index in [0.29, 0.717) is 12.1 Å². The number of ether oxygens (including phenoxy) is 1. The molecule has 3 aromatic rings. The highest BCUT2D eigenvalue weighted by Gasteiger charge is 2.32. The number of halogens is 5. The summed E-state index contributed by atoms with van der Waals surface area (Å²) < 4.78 is 58.7. The Morgan fingerprint density at radius 1 is 1.03 bits per heavy atom. The smallest absolute Gasteiger partial charge is 0.416 e. The lowest BCUT2D eigenvalue weighted by molar-refractivity contribution is -0.384. The highest BCUT2D eigenvalue weighted by atomic mass is 35.5. The maximum absolute atomic E-state index is 13.9. The van der Waals surface area contributed by atoms with E-state index in [2.05, 4.69) is 5.32 Å². The Bertz CT molecular complexity index is 1170. The molecule has 1 amide bonds. The number of rotatable bonds is 5. The number of nitro benzene ring substituents is 1. The minimum Gasteiger partial charge on any atom is -0.452 e. The van der Waals surface area contributed by atoms with Crippen molar-refractivity contribution in [2.45, 2.75) is 6.18 Å². The maximum Gasteiger partial charge on any atom is 0.416 e. The van der Waals surface area contributed by atoms with Gasteiger partial charge in [-0.25, -0.2) is 4.39 Å². The number of carbonyl (C=O) groups excluding carboxylic acids is 1. The number of anilines is 1. The van der Waals surface area contributed by atoms with Crippen molar-refractivity contribution in [2.75, 3.05) is 5.32 Å². The van der Waals surface area contributed by atoms with E-state index in [1.165, 1.54) is 18.2 Å². The average molecular weight is 455 g/mol. The summed E-state index contributed by atoms with van der Waals surface area (Å²) in [5.74, 6) is -2.37. The molecule has 3 aromatic carbocycles. The van der Waals surface area contributed by atoms with Gasteiger partial charge in [0, 0.05) is 12.1 Å². The van der Waals surface area contributed by atoms with Gasteiger partial charge in [0.05, 0.1) is 26.8 Å². The van der Waals surface area contributed by atoms with Gasteiger partial charge in [0.15, 0.2) is 17.3 Å². The van der Waals surface area contributed by atoms with Crippen LogP contribution >= 0.6 is 11.6 Å². The van der Waals surface area contributed by atoms with Gasteiger partial charge in [-0.3, -0.25) is 14.9 Å². The number of nitrogens with zero attached hydrogens (tertiary/aromatic N) is 1. The van der Waals surface area contributed by atoms with Crippen molar-refractivity contribution < 1.29 is 32.0 Å². The van der Waals surface area contributed by atoms with Gasteiger partial charge in [0.25, 0.3) is 11.6 Å². The molecule has 0 atom stereocenters. The van der Waals surface area contributed by atoms with Crippen LogP contribution in [0.15, 0.2) is 60.7 Å². The minimum absolute atomic E-state index is 0.161. The first-order valence-electron chi connectivity index (χ1n) is 8.45. The topological polar surface area (TPSA) is 81.5 Å². The Labute approximate surface area is 177 Å². The van der Waals surface area contributed by atoms with Gasteiger partial charge in [-0.15, -0.1) is 0 Å². The van der Waals surface area contributed by atoms with E-state index in [1.54, 1.807) is 0 Å². The molecule has 0 unspecified atom stereocenters. The van der Waals surface area contributed by atoms with Crippen molar-refractivity contribution in [2.24, 2.45) is 0 Å². The van der Waals surface area contributed by atoms with Crippen LogP contribution in [-0.2, 0) is 6.18 Å². The van der Waals surface area contributed by atoms with Crippen molar-refractivity contribution in [3.63, 3.8) is 0 Å². The second-order valence-corrected chi connectivity index (χ2v) is 6.52. The van der Waals surface area contributed by atoms with Gasteiger partial charge in [-0.05, 0) is 36.4 Å². The highest BCUT2D eigenvalue weighted by molar-refractivity contribution is 6.34. The summed E-state index contributed by atoms with van der Waals surface area (Å²) in [7, 11) is 0. The van der Waals surface area contributed by atoms with Crippen LogP contribution in [0.3, 0.4) is 0 Å². The molecule has 1 N–H and O–H groups in total. The average Bonchev–Trinajstić information content (AvgIpc) is 2.70. The van der Waals surface area contributed by atoms with Crippen molar-refractivity contribution in [1.29, 1.82) is 0 Å². The Morgan fingerprint density at radius 2 is 1.74 bits per heavy atom. The van der Waals surface area contributed by atoms with Crippen molar-refractivity contribution in [3.8, 4) is 11.5 Å². The molecule has 6 nitrogen and oxygen atoms in total. The molecule has 0 spiro atoms. The lowest BCUT2D eigenvalue weighted by atomic mass is 10.1. The van der Waals surface area contributed by atoms with Crippen molar-refractivity contribution >= 4 is 28.9 Å². The molecule has 0 fully saturated rings. The lowest BCUT2D eigenvalue weighted by Crippen LogP contribution is -2.15. The number of nitro groups is 1. The standard InChI is InChI=1S/C20H11ClF4N2O4/c21-14-7-6-12(27(29)30)10-13(14)19(28)26-16-9-11(20(23,24)25)5-8-18(16)31-17-4-2-1-3-15(17)22/h1-10H,(H,26,28). The molecule has 0 aromatic heterocycles. The molecule has 0 heterocycles. The zero-order valence-electron chi connectivity index (χ0n) is 15.2. The third kappa shape index (κ3) is 5.10. The fraction of sp³-hybridized carbons (Fsp3) is 0.0500. The predicted molar refractivity (Wildman–Crippen MR) is 104 cm³/mol. The monoisotopic (exact) mass is 454 g/mol. The van der Waals surface area contributed by atoms with Gasteiger partial charge in [0.1, 0.15) is 0 Å². The SMILES string of the molecule is O=C(Nc1cc(C(F)(F)F)ccc1Oc1ccccc1F)c1cc([N+](=O)[O-])ccc1Cl. The predicted octanol–water partition coefficient (Wildman–Crippen LogP) is 6.45. The molecule has 31 heavy (non-hydrogen) atoms. The molecule has 0 aliphatic carbocycles. The number of non-ortho nitro benzene ring substituents is 1. The van der Waals surface area contributed by atoms with Gasteiger partial charge in [-0.1, -0.05) is 23.7 Å². The molecule has 0 saturated heterocycles. The maximum atomic E-state index is 13.9. The van der Waals surface area contributed by atoms with E-state index in [-0.39, 0.29) is 22.1 Å². The molecular weight excluding hydrogens is 444 g/mol. The van der Waals surface area contributed by atoms with Crippen LogP contribution < -0.4 is 10.1 Å². The van der Waals surface area contributed by atoms with Gasteiger partial charge in [-0.2, -0.15) is 13.2 Å². The van der Waals surface area contributed by atoms with E-state index < -0.39 is 39.8 Å². The number of carbonyl (C=O) groups is 1. The molecule has 160 valence electrons. The van der Waals surface area contributed by atoms with Gasteiger partial charge >= 0.3 is 6.18 Å². The second kappa shape index (κ2) is 8.60. The molecule has 0 aliphatic rings. The van der Waals surface area contributed by atoms with Crippen LogP contribution in [-0.4, -0.2) is 10.8 Å². The van der Waals surface area contributed by atoms with Crippen LogP contribution in [0.5, 0.6) is 11.5 Å². The summed E-state index contributed by atoms with van der Waals surface area (Å²) in [6.07, 6.45) is -4.74. The zero-order chi connectivity index (χ0) is 22.8. The molecule has 0 bridgehead atoms. The summed E-state index contributed by atoms with van der Waals surface area (Å²) >= 11 is 5.91. The van der Waals surface area contributed by atoms with Crippen LogP contribution in [0.25, 0.3) is 0 Å². The normalized spacial score (nSPS) is 11.1. The first-order chi connectivity index (χ1) is 14.6. The Hall–Kier alpha value is -3.66. The van der Waals surface area contributed by atoms with E-state index in [1.807, 2.05) is 0 Å². The second-order valence-electron chi connectivity index (χ2n) is 6.12. The number of benzene rings is 3. The van der Waals surface area contributed by atoms with Crippen LogP contribution in [0.2, 0.25) is 5.02 Å². The highest BCUT2D eigenvalue weighted by Crippen LogP contribution is 2.38. The summed E-state index contributed by atoms with van der Waals surface area (Å²) in [4.78, 5) is 22.8. The van der Waals surface area contributed by atoms with Crippen LogP contribution in [0.1, 0.15) is 15.9 Å². The van der Waals surface area contributed by atoms with E-state index >= 15 is 0 Å². The molecule has 11 heteroatoms. The third-order valence-electron chi connectivity index (χ3n) is 4.02. The Morgan fingerprint density at radius 3 is 2.39 bits per heavy atom. The largest absolute Gasteiger partial charge is 0.452 e. The minimum atomic E-state index is -4.74. The third-order valence-corrected chi connectivity index (χ3v) is 4.35. The number of hydrogen-bond acceptors (Lipinski definition) is 4. The summed E-state index contributed by atoms with van der Waals surface area (Å²) in [5.41, 5.74) is -2.33. The van der Waals surface area contributed by atoms with E-state index in [9.17, 15) is 32.5 Å². The molecular formula is C20H11ClF4N2O4. The quantitative estimate of drug-likeness (QED) is 0.273. The fourth-order valence-corrected chi connectivity index (χ4v) is 2.73. The summed E-state index contributed by atoms with van der Waals surface area (Å²) in [6.45, 7) is 0. The van der Waals surface area contributed by atoms with Crippen LogP contribution in [0.4, 0.5) is 28.9 Å². The number of alkyl halides is 3. The summed E-state index contributed by atoms with van der Waals surface area (Å²) in [6, 6.07) is 10.4. The van der Waals surface area contributed by atoms with Gasteiger partial charge in [0.2, 0.25) is 0 Å². The lowest BCUT2D eigenvalue weighted by Gasteiger charge is -2.16. The number of amides is 1. The Balaban J connectivity index is 2.02. The molecule has 0 aliphatic heterocycles. The molecule has 3 rings (SSSR count). The number of nitrogens with one attached hydrogen (secondary N) is 1. The van der Waals surface area contributed by atoms with Crippen molar-refractivity contribution in [1.82, 2.24) is 0 Å². The summed E-state index contributed by atoms with van der Waals surface area (Å²) in [5, 5.41) is 13.0. The fourth-order valence-electron chi connectivity index (χ4n) is 2.53. The zero-order valence-corrected chi connectivity index (χ0v) is 16.0. The molecule has 0 radical (unpaired) electrons. The van der Waals surface area contributed by atoms with E-state index in [4.69, 9.17) is 16.3 Å². The molecule has 0 saturated carbocycles. The first kappa shape index (κ1) is 22.0. The van der Waals surface area contributed by atoms with Crippen LogP contribution in [0, 0.1) is 15.9 Å².